The molecule has 3 N–H and O–H groups in total. The number of nitrogens with one attached hydrogen (secondary N) is 3. The van der Waals surface area contributed by atoms with E-state index in [2.05, 4.69) is 32.8 Å². The van der Waals surface area contributed by atoms with Gasteiger partial charge in [-0.15, -0.1) is 0 Å². The maximum Gasteiger partial charge on any atom is 0.313 e. The summed E-state index contributed by atoms with van der Waals surface area (Å²) in [5.41, 5.74) is 1.49. The predicted octanol–water partition coefficient (Wildman–Crippen LogP) is 1.55. The van der Waals surface area contributed by atoms with Crippen molar-refractivity contribution in [3.63, 3.8) is 0 Å². The van der Waals surface area contributed by atoms with Crippen LogP contribution in [-0.2, 0) is 16.1 Å². The summed E-state index contributed by atoms with van der Waals surface area (Å²) in [6.45, 7) is 4.80. The van der Waals surface area contributed by atoms with Crippen LogP contribution in [0.15, 0.2) is 48.8 Å². The minimum Gasteiger partial charge on any atom is -0.348 e. The first kappa shape index (κ1) is 21.4. The summed E-state index contributed by atoms with van der Waals surface area (Å²) in [6.07, 6.45) is 5.41. The average molecular weight is 409 g/mol. The van der Waals surface area contributed by atoms with Crippen molar-refractivity contribution in [2.24, 2.45) is 0 Å². The Bertz CT molecular complexity index is 887. The van der Waals surface area contributed by atoms with E-state index in [1.54, 1.807) is 36.7 Å². The number of rotatable bonds is 7. The molecule has 3 amide bonds. The summed E-state index contributed by atoms with van der Waals surface area (Å²) in [5.74, 6) is -1.83. The van der Waals surface area contributed by atoms with Gasteiger partial charge in [0.25, 0.3) is 5.91 Å². The summed E-state index contributed by atoms with van der Waals surface area (Å²) >= 11 is 0. The lowest BCUT2D eigenvalue weighted by Gasteiger charge is -2.22. The zero-order chi connectivity index (χ0) is 21.3. The lowest BCUT2D eigenvalue weighted by atomic mass is 10.1. The highest BCUT2D eigenvalue weighted by Gasteiger charge is 2.25. The fraction of sp³-hybridized carbons (Fsp3) is 0.364. The molecule has 0 radical (unpaired) electrons. The van der Waals surface area contributed by atoms with Crippen LogP contribution in [0.5, 0.6) is 0 Å². The maximum absolute atomic E-state index is 12.6. The van der Waals surface area contributed by atoms with Crippen molar-refractivity contribution in [1.82, 2.24) is 20.5 Å². The van der Waals surface area contributed by atoms with Gasteiger partial charge in [-0.2, -0.15) is 0 Å². The number of nitrogens with zero attached hydrogens (tertiary/aromatic N) is 2. The van der Waals surface area contributed by atoms with E-state index < -0.39 is 11.8 Å². The predicted molar refractivity (Wildman–Crippen MR) is 114 cm³/mol. The molecule has 1 fully saturated rings. The fourth-order valence-electron chi connectivity index (χ4n) is 3.58. The van der Waals surface area contributed by atoms with Crippen LogP contribution in [-0.4, -0.2) is 53.3 Å². The summed E-state index contributed by atoms with van der Waals surface area (Å²) < 4.78 is 0. The molecule has 1 aliphatic heterocycles. The Morgan fingerprint density at radius 3 is 2.60 bits per heavy atom. The van der Waals surface area contributed by atoms with Gasteiger partial charge in [-0.25, -0.2) is 0 Å². The first-order chi connectivity index (χ1) is 14.6. The molecule has 1 aromatic carbocycles. The average Bonchev–Trinajstić information content (AvgIpc) is 3.24. The molecule has 30 heavy (non-hydrogen) atoms. The number of carbonyl (C=O) groups is 3. The zero-order valence-corrected chi connectivity index (χ0v) is 17.1. The third-order valence-corrected chi connectivity index (χ3v) is 5.23. The highest BCUT2D eigenvalue weighted by atomic mass is 16.2. The fourth-order valence-corrected chi connectivity index (χ4v) is 3.58. The van der Waals surface area contributed by atoms with E-state index in [9.17, 15) is 14.4 Å². The van der Waals surface area contributed by atoms with Gasteiger partial charge in [0.05, 0.1) is 11.3 Å². The molecule has 1 aliphatic rings. The highest BCUT2D eigenvalue weighted by molar-refractivity contribution is 6.40. The number of likely N-dealkylation sites (tertiary alicyclic amines) is 1. The Morgan fingerprint density at radius 2 is 1.83 bits per heavy atom. The minimum absolute atomic E-state index is 0.262. The standard InChI is InChI=1S/C22H27N5O3/c1-2-27-13-5-6-17(27)15-25-21(29)22(30)26-19-8-4-3-7-18(19)20(28)24-14-16-9-11-23-12-10-16/h3-4,7-12,17H,2,5-6,13-15H2,1H3,(H,24,28)(H,25,29)(H,26,30)/t17-/m0/s1. The highest BCUT2D eigenvalue weighted by Crippen LogP contribution is 2.16. The van der Waals surface area contributed by atoms with E-state index >= 15 is 0 Å². The molecule has 0 unspecified atom stereocenters. The Morgan fingerprint density at radius 1 is 1.07 bits per heavy atom. The van der Waals surface area contributed by atoms with Crippen LogP contribution < -0.4 is 16.0 Å². The lowest BCUT2D eigenvalue weighted by molar-refractivity contribution is -0.136. The van der Waals surface area contributed by atoms with Crippen LogP contribution >= 0.6 is 0 Å². The second-order valence-corrected chi connectivity index (χ2v) is 7.17. The lowest BCUT2D eigenvalue weighted by Crippen LogP contribution is -2.43. The number of anilines is 1. The van der Waals surface area contributed by atoms with E-state index in [1.165, 1.54) is 0 Å². The number of likely N-dealkylation sites (N-methyl/N-ethyl adjacent to an activating group) is 1. The molecule has 1 aromatic heterocycles. The van der Waals surface area contributed by atoms with E-state index in [1.807, 2.05) is 12.1 Å². The summed E-state index contributed by atoms with van der Waals surface area (Å²) in [4.78, 5) is 43.4. The van der Waals surface area contributed by atoms with Crippen LogP contribution in [0.25, 0.3) is 0 Å². The van der Waals surface area contributed by atoms with Gasteiger partial charge in [-0.1, -0.05) is 19.1 Å². The SMILES string of the molecule is CCN1CCC[C@H]1CNC(=O)C(=O)Nc1ccccc1C(=O)NCc1ccncc1. The van der Waals surface area contributed by atoms with Gasteiger partial charge in [0.15, 0.2) is 0 Å². The van der Waals surface area contributed by atoms with E-state index in [0.29, 0.717) is 24.3 Å². The molecule has 0 bridgehead atoms. The molecule has 1 atom stereocenters. The number of hydrogen-bond acceptors (Lipinski definition) is 5. The number of benzene rings is 1. The Kier molecular flexibility index (Phi) is 7.51. The number of aromatic nitrogens is 1. The van der Waals surface area contributed by atoms with Crippen LogP contribution in [0.4, 0.5) is 5.69 Å². The van der Waals surface area contributed by atoms with Crippen molar-refractivity contribution in [2.45, 2.75) is 32.4 Å². The van der Waals surface area contributed by atoms with Crippen LogP contribution in [0.1, 0.15) is 35.7 Å². The zero-order valence-electron chi connectivity index (χ0n) is 17.1. The van der Waals surface area contributed by atoms with Crippen molar-refractivity contribution >= 4 is 23.4 Å². The molecule has 2 aromatic rings. The molecular weight excluding hydrogens is 382 g/mol. The smallest absolute Gasteiger partial charge is 0.313 e. The summed E-state index contributed by atoms with van der Waals surface area (Å²) in [6, 6.07) is 10.5. The Balaban J connectivity index is 1.56. The first-order valence-corrected chi connectivity index (χ1v) is 10.2. The maximum atomic E-state index is 12.6. The third-order valence-electron chi connectivity index (χ3n) is 5.23. The molecule has 8 heteroatoms. The largest absolute Gasteiger partial charge is 0.348 e. The quantitative estimate of drug-likeness (QED) is 0.602. The van der Waals surface area contributed by atoms with Crippen molar-refractivity contribution in [2.75, 3.05) is 25.0 Å². The molecule has 0 saturated carbocycles. The van der Waals surface area contributed by atoms with Gasteiger partial charge < -0.3 is 16.0 Å². The molecule has 0 spiro atoms. The second kappa shape index (κ2) is 10.5. The number of carbonyl (C=O) groups excluding carboxylic acids is 3. The molecule has 158 valence electrons. The molecule has 8 nitrogen and oxygen atoms in total. The molecule has 2 heterocycles. The van der Waals surface area contributed by atoms with Gasteiger partial charge in [0.2, 0.25) is 0 Å². The Labute approximate surface area is 176 Å². The van der Waals surface area contributed by atoms with E-state index in [0.717, 1.165) is 31.5 Å². The van der Waals surface area contributed by atoms with Crippen molar-refractivity contribution in [1.29, 1.82) is 0 Å². The van der Waals surface area contributed by atoms with Crippen LogP contribution in [0.3, 0.4) is 0 Å². The van der Waals surface area contributed by atoms with Gasteiger partial charge >= 0.3 is 11.8 Å². The normalized spacial score (nSPS) is 16.1. The molecular formula is C22H27N5O3. The van der Waals surface area contributed by atoms with Gasteiger partial charge in [0.1, 0.15) is 0 Å². The monoisotopic (exact) mass is 409 g/mol. The summed E-state index contributed by atoms with van der Waals surface area (Å²) in [7, 11) is 0. The first-order valence-electron chi connectivity index (χ1n) is 10.2. The van der Waals surface area contributed by atoms with Gasteiger partial charge in [-0.05, 0) is 55.8 Å². The van der Waals surface area contributed by atoms with Crippen LogP contribution in [0, 0.1) is 0 Å². The van der Waals surface area contributed by atoms with Crippen LogP contribution in [0.2, 0.25) is 0 Å². The van der Waals surface area contributed by atoms with Gasteiger partial charge in [0, 0.05) is 31.5 Å². The van der Waals surface area contributed by atoms with Gasteiger partial charge in [-0.3, -0.25) is 24.3 Å². The molecule has 3 rings (SSSR count). The molecule has 1 saturated heterocycles. The van der Waals surface area contributed by atoms with Crippen molar-refractivity contribution < 1.29 is 14.4 Å². The van der Waals surface area contributed by atoms with Crippen molar-refractivity contribution in [3.8, 4) is 0 Å². The summed E-state index contributed by atoms with van der Waals surface area (Å²) in [5, 5.41) is 8.07. The number of para-hydroxylation sites is 1. The number of amides is 3. The third kappa shape index (κ3) is 5.64. The number of hydrogen-bond donors (Lipinski definition) is 3. The minimum atomic E-state index is -0.787. The van der Waals surface area contributed by atoms with Crippen molar-refractivity contribution in [3.05, 3.63) is 59.9 Å². The number of pyridine rings is 1. The topological polar surface area (TPSA) is 103 Å². The van der Waals surface area contributed by atoms with E-state index in [4.69, 9.17) is 0 Å². The second-order valence-electron chi connectivity index (χ2n) is 7.17. The van der Waals surface area contributed by atoms with E-state index in [-0.39, 0.29) is 11.9 Å². The molecule has 0 aliphatic carbocycles. The Hall–Kier alpha value is -3.26.